The first-order valence-electron chi connectivity index (χ1n) is 21.1. The summed E-state index contributed by atoms with van der Waals surface area (Å²) in [6.45, 7) is 3.41. The maximum Gasteiger partial charge on any atom is 0.472 e. The molecule has 9 nitrogen and oxygen atoms in total. The third-order valence-corrected chi connectivity index (χ3v) is 9.69. The summed E-state index contributed by atoms with van der Waals surface area (Å²) in [5.41, 5.74) is 0. The van der Waals surface area contributed by atoms with Crippen LogP contribution in [0.1, 0.15) is 174 Å². The summed E-state index contributed by atoms with van der Waals surface area (Å²) in [4.78, 5) is 22.6. The number of hydrogen-bond acceptors (Lipinski definition) is 8. The first-order valence-corrected chi connectivity index (χ1v) is 22.6. The molecule has 0 aliphatic carbocycles. The van der Waals surface area contributed by atoms with E-state index in [1.54, 1.807) is 0 Å². The van der Waals surface area contributed by atoms with E-state index in [9.17, 15) is 19.4 Å². The van der Waals surface area contributed by atoms with Gasteiger partial charge in [0, 0.05) is 13.0 Å². The van der Waals surface area contributed by atoms with E-state index < -0.39 is 39.2 Å². The predicted octanol–water partition coefficient (Wildman–Crippen LogP) is 11.4. The molecule has 3 unspecified atom stereocenters. The molecule has 0 aliphatic rings. The lowest BCUT2D eigenvalue weighted by molar-refractivity contribution is -0.154. The summed E-state index contributed by atoms with van der Waals surface area (Å²) in [6, 6.07) is 0. The highest BCUT2D eigenvalue weighted by atomic mass is 31.2. The number of unbranched alkanes of at least 4 members (excludes halogenated alkanes) is 18. The highest BCUT2D eigenvalue weighted by Crippen LogP contribution is 2.43. The molecule has 0 rings (SSSR count). The molecule has 0 aromatic heterocycles. The van der Waals surface area contributed by atoms with Gasteiger partial charge in [-0.15, -0.1) is 0 Å². The SMILES string of the molecule is CCCC/C=C\C/C=C\CCCCCCCCOCC(COP(=O)(O)OCC(O)CO)OC(=O)CCCCCCCCC/C=C\C/C=C\CCCCC. The van der Waals surface area contributed by atoms with Gasteiger partial charge in [-0.3, -0.25) is 13.8 Å². The molecule has 0 heterocycles. The number of rotatable bonds is 40. The lowest BCUT2D eigenvalue weighted by Crippen LogP contribution is -2.29. The zero-order valence-corrected chi connectivity index (χ0v) is 34.6. The number of hydrogen-bond donors (Lipinski definition) is 3. The van der Waals surface area contributed by atoms with Crippen molar-refractivity contribution in [2.24, 2.45) is 0 Å². The monoisotopic (exact) mass is 771 g/mol. The number of carbonyl (C=O) groups excluding carboxylic acids is 1. The van der Waals surface area contributed by atoms with E-state index in [1.807, 2.05) is 0 Å². The summed E-state index contributed by atoms with van der Waals surface area (Å²) in [5, 5.41) is 18.3. The lowest BCUT2D eigenvalue weighted by atomic mass is 10.1. The predicted molar refractivity (Wildman–Crippen MR) is 219 cm³/mol. The van der Waals surface area contributed by atoms with Crippen molar-refractivity contribution >= 4 is 13.8 Å². The largest absolute Gasteiger partial charge is 0.472 e. The van der Waals surface area contributed by atoms with Gasteiger partial charge in [0.2, 0.25) is 0 Å². The van der Waals surface area contributed by atoms with Crippen LogP contribution in [-0.2, 0) is 27.9 Å². The molecular formula is C43H79O9P. The topological polar surface area (TPSA) is 132 Å². The van der Waals surface area contributed by atoms with Gasteiger partial charge >= 0.3 is 13.8 Å². The molecule has 0 radical (unpaired) electrons. The Kier molecular flexibility index (Phi) is 38.9. The summed E-state index contributed by atoms with van der Waals surface area (Å²) in [7, 11) is -4.52. The van der Waals surface area contributed by atoms with Crippen LogP contribution in [0.5, 0.6) is 0 Å². The average molecular weight is 771 g/mol. The van der Waals surface area contributed by atoms with Gasteiger partial charge in [-0.25, -0.2) is 4.57 Å². The van der Waals surface area contributed by atoms with Gasteiger partial charge in [-0.1, -0.05) is 146 Å². The molecule has 0 aromatic carbocycles. The Morgan fingerprint density at radius 3 is 1.57 bits per heavy atom. The van der Waals surface area contributed by atoms with Crippen LogP contribution in [-0.4, -0.2) is 66.3 Å². The summed E-state index contributed by atoms with van der Waals surface area (Å²) >= 11 is 0. The van der Waals surface area contributed by atoms with E-state index in [1.165, 1.54) is 83.5 Å². The van der Waals surface area contributed by atoms with E-state index >= 15 is 0 Å². The van der Waals surface area contributed by atoms with Gasteiger partial charge in [0.1, 0.15) is 12.2 Å². The van der Waals surface area contributed by atoms with Crippen LogP contribution in [0.15, 0.2) is 48.6 Å². The Hall–Kier alpha value is -1.58. The van der Waals surface area contributed by atoms with Crippen molar-refractivity contribution < 1.29 is 43.0 Å². The summed E-state index contributed by atoms with van der Waals surface area (Å²) in [6.07, 6.45) is 43.4. The van der Waals surface area contributed by atoms with Crippen LogP contribution in [0.25, 0.3) is 0 Å². The molecule has 0 spiro atoms. The standard InChI is InChI=1S/C43H79O9P/c1-3-5-7-9-11-13-15-17-19-20-21-23-25-27-29-31-33-35-43(46)52-42(40-51-53(47,48)50-38-41(45)37-44)39-49-36-34-32-30-28-26-24-22-18-16-14-12-10-8-6-4-2/h10-13,16-19,41-42,44-45H,3-9,14-15,20-40H2,1-2H3,(H,47,48)/b12-10-,13-11-,18-16-,19-17-. The second-order valence-electron chi connectivity index (χ2n) is 14.0. The Labute approximate surface area is 324 Å². The molecule has 310 valence electrons. The minimum atomic E-state index is -4.52. The number of ether oxygens (including phenoxy) is 2. The van der Waals surface area contributed by atoms with Crippen molar-refractivity contribution in [2.75, 3.05) is 33.0 Å². The molecule has 0 fully saturated rings. The Bertz CT molecular complexity index is 965. The third kappa shape index (κ3) is 39.9. The van der Waals surface area contributed by atoms with Crippen molar-refractivity contribution in [3.63, 3.8) is 0 Å². The molecule has 0 saturated heterocycles. The van der Waals surface area contributed by atoms with Gasteiger partial charge in [0.05, 0.1) is 26.4 Å². The highest BCUT2D eigenvalue weighted by molar-refractivity contribution is 7.47. The minimum Gasteiger partial charge on any atom is -0.457 e. The Morgan fingerprint density at radius 1 is 0.585 bits per heavy atom. The van der Waals surface area contributed by atoms with E-state index in [4.69, 9.17) is 23.6 Å². The quantitative estimate of drug-likeness (QED) is 0.0241. The molecule has 0 bridgehead atoms. The van der Waals surface area contributed by atoms with Crippen LogP contribution < -0.4 is 0 Å². The molecule has 10 heteroatoms. The minimum absolute atomic E-state index is 0.0378. The maximum atomic E-state index is 12.6. The fourth-order valence-electron chi connectivity index (χ4n) is 5.46. The molecule has 0 amide bonds. The normalized spacial score (nSPS) is 14.6. The molecule has 3 atom stereocenters. The van der Waals surface area contributed by atoms with Crippen molar-refractivity contribution in [3.05, 3.63) is 48.6 Å². The number of aliphatic hydroxyl groups is 2. The molecule has 0 aliphatic heterocycles. The average Bonchev–Trinajstić information content (AvgIpc) is 3.15. The van der Waals surface area contributed by atoms with Crippen molar-refractivity contribution in [1.82, 2.24) is 0 Å². The van der Waals surface area contributed by atoms with Crippen molar-refractivity contribution in [2.45, 2.75) is 187 Å². The zero-order valence-electron chi connectivity index (χ0n) is 33.7. The number of carbonyl (C=O) groups is 1. The van der Waals surface area contributed by atoms with Gasteiger partial charge < -0.3 is 24.6 Å². The van der Waals surface area contributed by atoms with Crippen molar-refractivity contribution in [1.29, 1.82) is 0 Å². The Morgan fingerprint density at radius 2 is 1.04 bits per heavy atom. The van der Waals surface area contributed by atoms with E-state index in [0.717, 1.165) is 70.6 Å². The molecule has 0 aromatic rings. The van der Waals surface area contributed by atoms with Crippen LogP contribution in [0.3, 0.4) is 0 Å². The second kappa shape index (κ2) is 40.1. The lowest BCUT2D eigenvalue weighted by Gasteiger charge is -2.20. The summed E-state index contributed by atoms with van der Waals surface area (Å²) in [5.74, 6) is -0.396. The first kappa shape index (κ1) is 51.4. The smallest absolute Gasteiger partial charge is 0.457 e. The fraction of sp³-hybridized carbons (Fsp3) is 0.791. The van der Waals surface area contributed by atoms with Crippen LogP contribution in [0.2, 0.25) is 0 Å². The highest BCUT2D eigenvalue weighted by Gasteiger charge is 2.26. The van der Waals surface area contributed by atoms with Gasteiger partial charge in [0.15, 0.2) is 0 Å². The second-order valence-corrected chi connectivity index (χ2v) is 15.5. The van der Waals surface area contributed by atoms with Crippen molar-refractivity contribution in [3.8, 4) is 0 Å². The molecular weight excluding hydrogens is 691 g/mol. The summed E-state index contributed by atoms with van der Waals surface area (Å²) < 4.78 is 33.3. The van der Waals surface area contributed by atoms with Crippen LogP contribution >= 0.6 is 7.82 Å². The van der Waals surface area contributed by atoms with Crippen LogP contribution in [0.4, 0.5) is 0 Å². The van der Waals surface area contributed by atoms with E-state index in [0.29, 0.717) is 6.61 Å². The zero-order chi connectivity index (χ0) is 38.9. The van der Waals surface area contributed by atoms with Gasteiger partial charge in [-0.05, 0) is 70.6 Å². The van der Waals surface area contributed by atoms with Gasteiger partial charge in [-0.2, -0.15) is 0 Å². The first-order chi connectivity index (χ1) is 25.8. The number of aliphatic hydroxyl groups excluding tert-OH is 2. The molecule has 0 saturated carbocycles. The van der Waals surface area contributed by atoms with Gasteiger partial charge in [0.25, 0.3) is 0 Å². The maximum absolute atomic E-state index is 12.6. The number of phosphoric ester groups is 1. The third-order valence-electron chi connectivity index (χ3n) is 8.74. The molecule has 3 N–H and O–H groups in total. The van der Waals surface area contributed by atoms with Crippen LogP contribution in [0, 0.1) is 0 Å². The van der Waals surface area contributed by atoms with E-state index in [-0.39, 0.29) is 19.6 Å². The molecule has 53 heavy (non-hydrogen) atoms. The van der Waals surface area contributed by atoms with E-state index in [2.05, 4.69) is 62.5 Å². The number of allylic oxidation sites excluding steroid dienone is 8. The number of esters is 1. The fourth-order valence-corrected chi connectivity index (χ4v) is 6.25. The number of phosphoric acid groups is 1. The Balaban J connectivity index is 4.22.